The Labute approximate surface area is 124 Å². The smallest absolute Gasteiger partial charge is 0.439 e. The maximum atomic E-state index is 10.8. The first kappa shape index (κ1) is 11.2. The number of hydrogen-bond donors (Lipinski definition) is 0. The van der Waals surface area contributed by atoms with Gasteiger partial charge in [-0.05, 0) is 24.0 Å². The van der Waals surface area contributed by atoms with Gasteiger partial charge >= 0.3 is 58.2 Å². The van der Waals surface area contributed by atoms with Crippen molar-refractivity contribution in [3.05, 3.63) is 40.3 Å². The summed E-state index contributed by atoms with van der Waals surface area (Å²) in [5, 5.41) is 0.903. The molecule has 2 aromatic rings. The van der Waals surface area contributed by atoms with E-state index in [1.807, 2.05) is 19.1 Å². The summed E-state index contributed by atoms with van der Waals surface area (Å²) in [7, 11) is 0. The van der Waals surface area contributed by atoms with Crippen molar-refractivity contribution in [2.45, 2.75) is 6.92 Å². The molecule has 0 spiro atoms. The van der Waals surface area contributed by atoms with Crippen LogP contribution in [0, 0.1) is 6.92 Å². The fourth-order valence-corrected chi connectivity index (χ4v) is 1.08. The van der Waals surface area contributed by atoms with Crippen LogP contribution in [0.15, 0.2) is 29.1 Å². The minimum Gasteiger partial charge on any atom is -0.439 e. The molecule has 0 unspecified atom stereocenters. The number of fused-ring (bicyclic) bond motifs is 1. The van der Waals surface area contributed by atoms with Crippen LogP contribution < -0.4 is 68.7 Å². The normalized spacial score (nSPS) is 9.62. The molecular weight excluding hydrogens is 238 g/mol. The summed E-state index contributed by atoms with van der Waals surface area (Å²) in [5.74, 6) is 0. The van der Waals surface area contributed by atoms with E-state index in [2.05, 4.69) is 9.97 Å². The third-order valence-electron chi connectivity index (χ3n) is 1.67. The van der Waals surface area contributed by atoms with Crippen molar-refractivity contribution < 1.29 is 58.2 Å². The Hall–Kier alpha value is 0.165. The molecule has 0 bridgehead atoms. The zero-order valence-corrected chi connectivity index (χ0v) is 12.5. The van der Waals surface area contributed by atoms with Gasteiger partial charge in [-0.2, -0.15) is 0 Å². The van der Waals surface area contributed by atoms with E-state index in [0.717, 1.165) is 11.1 Å². The third-order valence-corrected chi connectivity index (χ3v) is 1.67. The molecule has 0 N–H and O–H groups in total. The Morgan fingerprint density at radius 2 is 1.92 bits per heavy atom. The topological polar surface area (TPSA) is 44.1 Å². The summed E-state index contributed by atoms with van der Waals surface area (Å²) in [6, 6.07) is 6.98. The first-order valence-electron chi connectivity index (χ1n) is 3.67. The van der Waals surface area contributed by atoms with Gasteiger partial charge in [-0.3, -0.25) is 4.79 Å². The summed E-state index contributed by atoms with van der Waals surface area (Å²) in [4.78, 5) is 18.7. The number of nitrogens with zero attached hydrogens (tertiary/aromatic N) is 2. The molecule has 0 aromatic carbocycles. The molecule has 2 rings (SSSR count). The van der Waals surface area contributed by atoms with Crippen LogP contribution in [0.2, 0.25) is 0 Å². The van der Waals surface area contributed by atoms with Crippen LogP contribution in [0.4, 0.5) is 0 Å². The molecule has 4 heteroatoms. The quantitative estimate of drug-likeness (QED) is 0.532. The van der Waals surface area contributed by atoms with Crippen LogP contribution in [-0.4, -0.2) is 4.98 Å². The second kappa shape index (κ2) is 4.60. The van der Waals surface area contributed by atoms with Crippen molar-refractivity contribution in [2.24, 2.45) is 0 Å². The Bertz CT molecular complexity index is 478. The Morgan fingerprint density at radius 3 is 2.69 bits per heavy atom. The van der Waals surface area contributed by atoms with Crippen LogP contribution >= 0.6 is 0 Å². The third kappa shape index (κ3) is 2.56. The average molecular weight is 245 g/mol. The first-order valence-corrected chi connectivity index (χ1v) is 3.67. The van der Waals surface area contributed by atoms with Crippen LogP contribution in [0.1, 0.15) is 5.69 Å². The van der Waals surface area contributed by atoms with Gasteiger partial charge in [-0.1, -0.05) is 23.9 Å². The Balaban J connectivity index is 0.000000845. The molecule has 0 radical (unpaired) electrons. The van der Waals surface area contributed by atoms with Gasteiger partial charge in [0.25, 0.3) is 0 Å². The first-order chi connectivity index (χ1) is 5.75. The Kier molecular flexibility index (Phi) is 3.97. The fraction of sp³-hybridized carbons (Fsp3) is 0.111. The van der Waals surface area contributed by atoms with E-state index in [1.165, 1.54) is 6.07 Å². The van der Waals surface area contributed by atoms with Gasteiger partial charge in [0.15, 0.2) is 5.56 Å². The molecule has 0 fully saturated rings. The van der Waals surface area contributed by atoms with Gasteiger partial charge in [-0.25, -0.2) is 0 Å². The SMILES string of the molecule is Cc1ccc2ccc(=O)[n-]c2n1.[Rb+]. The molecule has 2 heterocycles. The van der Waals surface area contributed by atoms with Gasteiger partial charge in [0.2, 0.25) is 0 Å². The number of hydrogen-bond acceptors (Lipinski definition) is 2. The van der Waals surface area contributed by atoms with Gasteiger partial charge < -0.3 is 9.97 Å². The van der Waals surface area contributed by atoms with Crippen molar-refractivity contribution in [1.29, 1.82) is 0 Å². The van der Waals surface area contributed by atoms with Gasteiger partial charge in [0, 0.05) is 0 Å². The van der Waals surface area contributed by atoms with Crippen LogP contribution in [0.25, 0.3) is 11.0 Å². The molecule has 0 atom stereocenters. The minimum atomic E-state index is -0.236. The van der Waals surface area contributed by atoms with Crippen molar-refractivity contribution in [3.8, 4) is 0 Å². The predicted molar refractivity (Wildman–Crippen MR) is 46.1 cm³/mol. The maximum absolute atomic E-state index is 10.8. The van der Waals surface area contributed by atoms with E-state index in [0.29, 0.717) is 5.65 Å². The van der Waals surface area contributed by atoms with Crippen molar-refractivity contribution in [2.75, 3.05) is 0 Å². The molecule has 13 heavy (non-hydrogen) atoms. The van der Waals surface area contributed by atoms with Gasteiger partial charge in [0.05, 0.1) is 0 Å². The fourth-order valence-electron chi connectivity index (χ4n) is 1.08. The second-order valence-corrected chi connectivity index (χ2v) is 2.65. The minimum absolute atomic E-state index is 0. The van der Waals surface area contributed by atoms with Crippen LogP contribution in [0.5, 0.6) is 0 Å². The number of aryl methyl sites for hydroxylation is 1. The molecule has 3 nitrogen and oxygen atoms in total. The monoisotopic (exact) mass is 244 g/mol. The second-order valence-electron chi connectivity index (χ2n) is 2.65. The van der Waals surface area contributed by atoms with Crippen molar-refractivity contribution in [3.63, 3.8) is 0 Å². The molecule has 2 aromatic heterocycles. The molecule has 0 aliphatic carbocycles. The van der Waals surface area contributed by atoms with Crippen molar-refractivity contribution in [1.82, 2.24) is 9.97 Å². The summed E-state index contributed by atoms with van der Waals surface area (Å²) < 4.78 is 0. The van der Waals surface area contributed by atoms with E-state index >= 15 is 0 Å². The average Bonchev–Trinajstić information content (AvgIpc) is 2.03. The zero-order chi connectivity index (χ0) is 8.55. The molecule has 0 saturated carbocycles. The number of aromatic nitrogens is 2. The predicted octanol–water partition coefficient (Wildman–Crippen LogP) is -2.14. The Morgan fingerprint density at radius 1 is 1.23 bits per heavy atom. The molecule has 0 aliphatic heterocycles. The summed E-state index contributed by atoms with van der Waals surface area (Å²) >= 11 is 0. The number of pyridine rings is 2. The van der Waals surface area contributed by atoms with E-state index in [9.17, 15) is 4.79 Å². The summed E-state index contributed by atoms with van der Waals surface area (Å²) in [6.07, 6.45) is 0. The molecular formula is C9H7N2ORb. The van der Waals surface area contributed by atoms with Gasteiger partial charge in [-0.15, -0.1) is 0 Å². The zero-order valence-electron chi connectivity index (χ0n) is 7.61. The summed E-state index contributed by atoms with van der Waals surface area (Å²) in [5.41, 5.74) is 1.17. The van der Waals surface area contributed by atoms with Crippen LogP contribution in [-0.2, 0) is 0 Å². The summed E-state index contributed by atoms with van der Waals surface area (Å²) in [6.45, 7) is 1.87. The van der Waals surface area contributed by atoms with Crippen molar-refractivity contribution >= 4 is 11.0 Å². The van der Waals surface area contributed by atoms with Crippen LogP contribution in [0.3, 0.4) is 0 Å². The number of rotatable bonds is 0. The largest absolute Gasteiger partial charge is 1.00 e. The van der Waals surface area contributed by atoms with E-state index in [1.54, 1.807) is 6.07 Å². The standard InChI is InChI=1S/C9H8N2O.Rb/c1-6-2-3-7-4-5-8(12)11-9(7)10-6;/h2-5H,1H3,(H,10,11,12);/q;+1/p-1. The molecule has 0 aliphatic rings. The van der Waals surface area contributed by atoms with E-state index < -0.39 is 0 Å². The molecule has 60 valence electrons. The maximum Gasteiger partial charge on any atom is 1.00 e. The van der Waals surface area contributed by atoms with Gasteiger partial charge in [0.1, 0.15) is 0 Å². The van der Waals surface area contributed by atoms with E-state index in [4.69, 9.17) is 0 Å². The van der Waals surface area contributed by atoms with E-state index in [-0.39, 0.29) is 63.7 Å². The molecule has 0 saturated heterocycles. The molecule has 0 amide bonds.